The van der Waals surface area contributed by atoms with Gasteiger partial charge in [-0.15, -0.1) is 11.3 Å². The maximum atomic E-state index is 2.37. The van der Waals surface area contributed by atoms with E-state index in [-0.39, 0.29) is 0 Å². The summed E-state index contributed by atoms with van der Waals surface area (Å²) in [7, 11) is 0. The Kier molecular flexibility index (Phi) is 8.09. The zero-order valence-electron chi connectivity index (χ0n) is 29.6. The fraction of sp³-hybridized carbons (Fsp3) is 0. The fourth-order valence-corrected chi connectivity index (χ4v) is 9.05. The molecule has 0 radical (unpaired) electrons. The summed E-state index contributed by atoms with van der Waals surface area (Å²) in [5.74, 6) is 0. The smallest absolute Gasteiger partial charge is 0.0467 e. The number of fused-ring (bicyclic) bond motifs is 4. The van der Waals surface area contributed by atoms with E-state index < -0.39 is 0 Å². The first kappa shape index (κ1) is 32.0. The van der Waals surface area contributed by atoms with Gasteiger partial charge in [0.15, 0.2) is 0 Å². The lowest BCUT2D eigenvalue weighted by atomic mass is 9.95. The summed E-state index contributed by atoms with van der Waals surface area (Å²) >= 11 is 1.88. The van der Waals surface area contributed by atoms with Gasteiger partial charge in [0.2, 0.25) is 0 Å². The summed E-state index contributed by atoms with van der Waals surface area (Å²) in [6.07, 6.45) is 0. The standard InChI is InChI=1S/C52H35NS/c1-2-12-36(13-3-1)41-17-9-19-45(35-41)53(44-32-28-39(29-33-44)48-23-11-24-50-49-21-6-7-25-51(49)54-52(48)50)43-30-26-37(27-31-43)40-16-8-18-42(34-40)47-22-10-15-38-14-4-5-20-46(38)47/h1-35H. The highest BCUT2D eigenvalue weighted by molar-refractivity contribution is 7.26. The molecule has 0 aliphatic heterocycles. The summed E-state index contributed by atoms with van der Waals surface area (Å²) in [4.78, 5) is 2.37. The number of nitrogens with zero attached hydrogens (tertiary/aromatic N) is 1. The van der Waals surface area contributed by atoms with Crippen molar-refractivity contribution in [2.75, 3.05) is 4.90 Å². The van der Waals surface area contributed by atoms with Crippen LogP contribution in [0.1, 0.15) is 0 Å². The normalized spacial score (nSPS) is 11.3. The third kappa shape index (κ3) is 5.84. The van der Waals surface area contributed by atoms with Crippen LogP contribution in [0.25, 0.3) is 75.5 Å². The summed E-state index contributed by atoms with van der Waals surface area (Å²) in [5.41, 5.74) is 13.1. The molecule has 0 saturated heterocycles. The van der Waals surface area contributed by atoms with Crippen LogP contribution in [-0.4, -0.2) is 0 Å². The maximum Gasteiger partial charge on any atom is 0.0467 e. The van der Waals surface area contributed by atoms with Crippen LogP contribution in [0, 0.1) is 0 Å². The number of anilines is 3. The number of hydrogen-bond donors (Lipinski definition) is 0. The lowest BCUT2D eigenvalue weighted by molar-refractivity contribution is 1.28. The summed E-state index contributed by atoms with van der Waals surface area (Å²) in [5, 5.41) is 5.17. The quantitative estimate of drug-likeness (QED) is 0.160. The Bertz CT molecular complexity index is 2920. The van der Waals surface area contributed by atoms with Crippen molar-refractivity contribution >= 4 is 59.3 Å². The highest BCUT2D eigenvalue weighted by atomic mass is 32.1. The van der Waals surface area contributed by atoms with E-state index in [4.69, 9.17) is 0 Å². The first-order valence-corrected chi connectivity index (χ1v) is 19.2. The minimum absolute atomic E-state index is 1.11. The Morgan fingerprint density at radius 2 is 0.833 bits per heavy atom. The summed E-state index contributed by atoms with van der Waals surface area (Å²) < 4.78 is 2.66. The molecule has 9 aromatic carbocycles. The highest BCUT2D eigenvalue weighted by Crippen LogP contribution is 2.42. The molecule has 0 atom stereocenters. The van der Waals surface area contributed by atoms with Crippen LogP contribution in [0.5, 0.6) is 0 Å². The minimum atomic E-state index is 1.11. The van der Waals surface area contributed by atoms with Crippen molar-refractivity contribution in [3.8, 4) is 44.5 Å². The van der Waals surface area contributed by atoms with Crippen LogP contribution in [-0.2, 0) is 0 Å². The molecule has 10 aromatic rings. The predicted octanol–water partition coefficient (Wildman–Crippen LogP) is 15.3. The molecule has 0 bridgehead atoms. The number of hydrogen-bond acceptors (Lipinski definition) is 2. The van der Waals surface area contributed by atoms with E-state index in [1.54, 1.807) is 0 Å². The average molecular weight is 706 g/mol. The van der Waals surface area contributed by atoms with Crippen LogP contribution in [0.4, 0.5) is 17.1 Å². The minimum Gasteiger partial charge on any atom is -0.310 e. The summed E-state index contributed by atoms with van der Waals surface area (Å²) in [6, 6.07) is 77.0. The molecular formula is C52H35NS. The second-order valence-corrected chi connectivity index (χ2v) is 14.8. The van der Waals surface area contributed by atoms with Gasteiger partial charge in [0.05, 0.1) is 0 Å². The molecule has 1 nitrogen and oxygen atoms in total. The topological polar surface area (TPSA) is 3.24 Å². The van der Waals surface area contributed by atoms with Gasteiger partial charge in [0, 0.05) is 37.2 Å². The molecule has 0 saturated carbocycles. The molecule has 0 spiro atoms. The van der Waals surface area contributed by atoms with E-state index in [9.17, 15) is 0 Å². The van der Waals surface area contributed by atoms with Gasteiger partial charge in [0.25, 0.3) is 0 Å². The second-order valence-electron chi connectivity index (χ2n) is 13.7. The zero-order valence-corrected chi connectivity index (χ0v) is 30.4. The predicted molar refractivity (Wildman–Crippen MR) is 233 cm³/mol. The molecule has 54 heavy (non-hydrogen) atoms. The van der Waals surface area contributed by atoms with Gasteiger partial charge in [-0.25, -0.2) is 0 Å². The number of rotatable bonds is 7. The molecule has 2 heteroatoms. The van der Waals surface area contributed by atoms with Gasteiger partial charge >= 0.3 is 0 Å². The molecule has 1 aromatic heterocycles. The SMILES string of the molecule is c1ccc(-c2cccc(N(c3ccc(-c4cccc(-c5cccc6ccccc56)c4)cc3)c3ccc(-c4cccc5c4sc4ccccc45)cc3)c2)cc1. The molecule has 0 aliphatic carbocycles. The Labute approximate surface area is 319 Å². The van der Waals surface area contributed by atoms with Crippen molar-refractivity contribution in [1.82, 2.24) is 0 Å². The molecule has 1 heterocycles. The van der Waals surface area contributed by atoms with E-state index in [1.165, 1.54) is 75.5 Å². The molecule has 0 amide bonds. The second kappa shape index (κ2) is 13.7. The first-order valence-electron chi connectivity index (χ1n) is 18.4. The van der Waals surface area contributed by atoms with Crippen LogP contribution in [0.3, 0.4) is 0 Å². The summed E-state index contributed by atoms with van der Waals surface area (Å²) in [6.45, 7) is 0. The molecule has 254 valence electrons. The van der Waals surface area contributed by atoms with Crippen LogP contribution < -0.4 is 4.90 Å². The van der Waals surface area contributed by atoms with Gasteiger partial charge in [-0.3, -0.25) is 0 Å². The van der Waals surface area contributed by atoms with Crippen molar-refractivity contribution in [2.45, 2.75) is 0 Å². The van der Waals surface area contributed by atoms with Crippen LogP contribution >= 0.6 is 11.3 Å². The van der Waals surface area contributed by atoms with Crippen molar-refractivity contribution in [2.24, 2.45) is 0 Å². The Hall–Kier alpha value is -6.74. The van der Waals surface area contributed by atoms with Gasteiger partial charge in [0.1, 0.15) is 0 Å². The average Bonchev–Trinajstić information content (AvgIpc) is 3.64. The van der Waals surface area contributed by atoms with Crippen LogP contribution in [0.15, 0.2) is 212 Å². The molecule has 0 N–H and O–H groups in total. The van der Waals surface area contributed by atoms with E-state index in [0.29, 0.717) is 0 Å². The largest absolute Gasteiger partial charge is 0.310 e. The lowest BCUT2D eigenvalue weighted by Crippen LogP contribution is -2.10. The van der Waals surface area contributed by atoms with Gasteiger partial charge in [-0.2, -0.15) is 0 Å². The molecule has 0 unspecified atom stereocenters. The van der Waals surface area contributed by atoms with Crippen molar-refractivity contribution < 1.29 is 0 Å². The first-order chi connectivity index (χ1) is 26.8. The Balaban J connectivity index is 1.04. The van der Waals surface area contributed by atoms with Gasteiger partial charge in [-0.05, 0) is 104 Å². The zero-order chi connectivity index (χ0) is 35.8. The molecule has 0 fully saturated rings. The van der Waals surface area contributed by atoms with E-state index in [0.717, 1.165) is 17.1 Å². The number of benzene rings is 9. The van der Waals surface area contributed by atoms with Crippen molar-refractivity contribution in [1.29, 1.82) is 0 Å². The Morgan fingerprint density at radius 3 is 1.65 bits per heavy atom. The molecule has 10 rings (SSSR count). The van der Waals surface area contributed by atoms with Gasteiger partial charge < -0.3 is 4.90 Å². The molecular weight excluding hydrogens is 671 g/mol. The number of thiophene rings is 1. The Morgan fingerprint density at radius 1 is 0.296 bits per heavy atom. The molecule has 0 aliphatic rings. The third-order valence-electron chi connectivity index (χ3n) is 10.5. The van der Waals surface area contributed by atoms with E-state index in [1.807, 2.05) is 11.3 Å². The monoisotopic (exact) mass is 705 g/mol. The fourth-order valence-electron chi connectivity index (χ4n) is 7.81. The third-order valence-corrected chi connectivity index (χ3v) is 11.7. The lowest BCUT2D eigenvalue weighted by Gasteiger charge is -2.26. The van der Waals surface area contributed by atoms with E-state index >= 15 is 0 Å². The van der Waals surface area contributed by atoms with Gasteiger partial charge in [-0.1, -0.05) is 164 Å². The highest BCUT2D eigenvalue weighted by Gasteiger charge is 2.16. The maximum absolute atomic E-state index is 2.37. The van der Waals surface area contributed by atoms with Crippen molar-refractivity contribution in [3.63, 3.8) is 0 Å². The van der Waals surface area contributed by atoms with Crippen molar-refractivity contribution in [3.05, 3.63) is 212 Å². The van der Waals surface area contributed by atoms with Crippen LogP contribution in [0.2, 0.25) is 0 Å². The van der Waals surface area contributed by atoms with E-state index in [2.05, 4.69) is 217 Å².